The SMILES string of the molecule is CCC(=O)N(c1nnc(SCC(=O)Nc2c(C#N)c(C)c(C)n2-c2cccc(F)c2)s1)C1CC1. The van der Waals surface area contributed by atoms with E-state index < -0.39 is 5.82 Å². The Hall–Kier alpha value is -3.23. The molecule has 0 unspecified atom stereocenters. The number of aromatic nitrogens is 3. The molecule has 34 heavy (non-hydrogen) atoms. The van der Waals surface area contributed by atoms with Gasteiger partial charge in [0, 0.05) is 18.2 Å². The third-order valence-electron chi connectivity index (χ3n) is 5.56. The molecule has 1 N–H and O–H groups in total. The fraction of sp³-hybridized carbons (Fsp3) is 0.348. The van der Waals surface area contributed by atoms with Crippen molar-refractivity contribution < 1.29 is 14.0 Å². The number of benzene rings is 1. The molecule has 0 radical (unpaired) electrons. The van der Waals surface area contributed by atoms with Crippen LogP contribution in [0.15, 0.2) is 28.6 Å². The van der Waals surface area contributed by atoms with Gasteiger partial charge in [0.25, 0.3) is 0 Å². The van der Waals surface area contributed by atoms with Gasteiger partial charge >= 0.3 is 0 Å². The fourth-order valence-electron chi connectivity index (χ4n) is 3.62. The minimum Gasteiger partial charge on any atom is -0.310 e. The van der Waals surface area contributed by atoms with Crippen LogP contribution in [-0.4, -0.2) is 38.4 Å². The van der Waals surface area contributed by atoms with Crippen LogP contribution in [0.4, 0.5) is 15.3 Å². The van der Waals surface area contributed by atoms with E-state index in [1.165, 1.54) is 35.2 Å². The molecule has 3 aromatic rings. The van der Waals surface area contributed by atoms with Gasteiger partial charge in [-0.25, -0.2) is 4.39 Å². The first-order valence-electron chi connectivity index (χ1n) is 10.8. The molecule has 2 heterocycles. The Morgan fingerprint density at radius 1 is 1.35 bits per heavy atom. The van der Waals surface area contributed by atoms with Gasteiger partial charge in [0.05, 0.1) is 17.0 Å². The monoisotopic (exact) mass is 498 g/mol. The quantitative estimate of drug-likeness (QED) is 0.360. The first kappa shape index (κ1) is 23.9. The van der Waals surface area contributed by atoms with Crippen LogP contribution in [0.2, 0.25) is 0 Å². The molecule has 0 bridgehead atoms. The van der Waals surface area contributed by atoms with Crippen LogP contribution in [0, 0.1) is 31.0 Å². The van der Waals surface area contributed by atoms with Gasteiger partial charge in [0.1, 0.15) is 17.7 Å². The molecule has 0 atom stereocenters. The maximum atomic E-state index is 13.9. The van der Waals surface area contributed by atoms with Crippen LogP contribution < -0.4 is 10.2 Å². The van der Waals surface area contributed by atoms with Crippen LogP contribution in [0.25, 0.3) is 5.69 Å². The maximum absolute atomic E-state index is 13.9. The van der Waals surface area contributed by atoms with Crippen molar-refractivity contribution in [3.8, 4) is 11.8 Å². The molecule has 11 heteroatoms. The van der Waals surface area contributed by atoms with Gasteiger partial charge in [-0.2, -0.15) is 5.26 Å². The molecule has 1 fully saturated rings. The largest absolute Gasteiger partial charge is 0.310 e. The van der Waals surface area contributed by atoms with E-state index in [9.17, 15) is 19.2 Å². The normalized spacial score (nSPS) is 12.9. The molecule has 1 aliphatic carbocycles. The summed E-state index contributed by atoms with van der Waals surface area (Å²) >= 11 is 2.49. The average Bonchev–Trinajstić information content (AvgIpc) is 3.49. The highest BCUT2D eigenvalue weighted by Crippen LogP contribution is 2.36. The smallest absolute Gasteiger partial charge is 0.235 e. The Balaban J connectivity index is 1.50. The van der Waals surface area contributed by atoms with Gasteiger partial charge in [-0.15, -0.1) is 10.2 Å². The molecule has 2 amide bonds. The minimum atomic E-state index is -0.413. The Bertz CT molecular complexity index is 1290. The predicted octanol–water partition coefficient (Wildman–Crippen LogP) is 4.59. The Kier molecular flexibility index (Phi) is 7.00. The molecule has 8 nitrogen and oxygen atoms in total. The number of nitrogens with one attached hydrogen (secondary N) is 1. The number of thioether (sulfide) groups is 1. The molecule has 1 saturated carbocycles. The lowest BCUT2D eigenvalue weighted by Crippen LogP contribution is -2.32. The number of carbonyl (C=O) groups is 2. The number of hydrogen-bond donors (Lipinski definition) is 1. The van der Waals surface area contributed by atoms with Gasteiger partial charge < -0.3 is 5.32 Å². The topological polar surface area (TPSA) is 104 Å². The van der Waals surface area contributed by atoms with E-state index in [1.807, 2.05) is 13.8 Å². The molecular weight excluding hydrogens is 475 g/mol. The van der Waals surface area contributed by atoms with Crippen LogP contribution >= 0.6 is 23.1 Å². The highest BCUT2D eigenvalue weighted by atomic mass is 32.2. The van der Waals surface area contributed by atoms with E-state index in [2.05, 4.69) is 21.6 Å². The number of carbonyl (C=O) groups excluding carboxylic acids is 2. The molecule has 1 aliphatic rings. The first-order valence-corrected chi connectivity index (χ1v) is 12.6. The summed E-state index contributed by atoms with van der Waals surface area (Å²) in [5.41, 5.74) is 2.29. The van der Waals surface area contributed by atoms with Crippen LogP contribution in [0.5, 0.6) is 0 Å². The summed E-state index contributed by atoms with van der Waals surface area (Å²) in [5, 5.41) is 21.3. The summed E-state index contributed by atoms with van der Waals surface area (Å²) in [6.07, 6.45) is 2.31. The number of anilines is 2. The molecular formula is C23H23FN6O2S2. The molecule has 0 aliphatic heterocycles. The second-order valence-corrected chi connectivity index (χ2v) is 10.1. The average molecular weight is 499 g/mol. The minimum absolute atomic E-state index is 0.0147. The zero-order chi connectivity index (χ0) is 24.4. The van der Waals surface area contributed by atoms with Gasteiger partial charge in [-0.3, -0.25) is 19.1 Å². The maximum Gasteiger partial charge on any atom is 0.235 e. The Morgan fingerprint density at radius 3 is 2.76 bits per heavy atom. The fourth-order valence-corrected chi connectivity index (χ4v) is 5.35. The van der Waals surface area contributed by atoms with E-state index in [1.54, 1.807) is 28.5 Å². The van der Waals surface area contributed by atoms with Crippen molar-refractivity contribution >= 4 is 45.9 Å². The van der Waals surface area contributed by atoms with E-state index >= 15 is 0 Å². The van der Waals surface area contributed by atoms with E-state index in [-0.39, 0.29) is 23.6 Å². The molecule has 0 saturated heterocycles. The zero-order valence-corrected chi connectivity index (χ0v) is 20.6. The zero-order valence-electron chi connectivity index (χ0n) is 19.0. The van der Waals surface area contributed by atoms with Crippen molar-refractivity contribution in [2.45, 2.75) is 50.4 Å². The van der Waals surface area contributed by atoms with Crippen LogP contribution in [0.3, 0.4) is 0 Å². The molecule has 176 valence electrons. The molecule has 4 rings (SSSR count). The van der Waals surface area contributed by atoms with Crippen LogP contribution in [-0.2, 0) is 9.59 Å². The lowest BCUT2D eigenvalue weighted by Gasteiger charge is -2.17. The third-order valence-corrected chi connectivity index (χ3v) is 7.62. The standard InChI is InChI=1S/C23H23FN6O2S2/c1-4-20(32)30(16-8-9-16)22-27-28-23(34-22)33-12-19(31)26-21-18(11-25)13(2)14(3)29(21)17-7-5-6-15(24)10-17/h5-7,10,16H,4,8-9,12H2,1-3H3,(H,26,31). The van der Waals surface area contributed by atoms with Crippen molar-refractivity contribution in [2.75, 3.05) is 16.0 Å². The second-order valence-electron chi connectivity index (χ2n) is 7.90. The molecule has 2 aromatic heterocycles. The summed E-state index contributed by atoms with van der Waals surface area (Å²) in [7, 11) is 0. The lowest BCUT2D eigenvalue weighted by atomic mass is 10.2. The van der Waals surface area contributed by atoms with E-state index in [0.29, 0.717) is 38.5 Å². The molecule has 1 aromatic carbocycles. The summed E-state index contributed by atoms with van der Waals surface area (Å²) in [4.78, 5) is 26.8. The van der Waals surface area contributed by atoms with Crippen LogP contribution in [0.1, 0.15) is 43.0 Å². The predicted molar refractivity (Wildman–Crippen MR) is 130 cm³/mol. The summed E-state index contributed by atoms with van der Waals surface area (Å²) in [6, 6.07) is 8.31. The van der Waals surface area contributed by atoms with Gasteiger partial charge in [-0.1, -0.05) is 36.1 Å². The van der Waals surface area contributed by atoms with Crippen molar-refractivity contribution in [2.24, 2.45) is 0 Å². The number of nitriles is 1. The lowest BCUT2D eigenvalue weighted by molar-refractivity contribution is -0.118. The van der Waals surface area contributed by atoms with Crippen molar-refractivity contribution in [3.63, 3.8) is 0 Å². The van der Waals surface area contributed by atoms with E-state index in [0.717, 1.165) is 18.5 Å². The van der Waals surface area contributed by atoms with Gasteiger partial charge in [0.15, 0.2) is 4.34 Å². The summed E-state index contributed by atoms with van der Waals surface area (Å²) in [5.74, 6) is -0.390. The highest BCUT2D eigenvalue weighted by molar-refractivity contribution is 8.01. The number of nitrogens with zero attached hydrogens (tertiary/aromatic N) is 5. The van der Waals surface area contributed by atoms with Crippen molar-refractivity contribution in [1.82, 2.24) is 14.8 Å². The number of rotatable bonds is 8. The highest BCUT2D eigenvalue weighted by Gasteiger charge is 2.35. The Labute approximate surface area is 204 Å². The number of amides is 2. The Morgan fingerprint density at radius 2 is 2.12 bits per heavy atom. The van der Waals surface area contributed by atoms with E-state index in [4.69, 9.17) is 0 Å². The number of halogens is 1. The van der Waals surface area contributed by atoms with Crippen molar-refractivity contribution in [3.05, 3.63) is 46.9 Å². The first-order chi connectivity index (χ1) is 16.3. The second kappa shape index (κ2) is 9.95. The third kappa shape index (κ3) is 4.83. The van der Waals surface area contributed by atoms with Crippen molar-refractivity contribution in [1.29, 1.82) is 5.26 Å². The molecule has 0 spiro atoms. The van der Waals surface area contributed by atoms with Gasteiger partial charge in [-0.05, 0) is 50.5 Å². The number of hydrogen-bond acceptors (Lipinski definition) is 7. The summed E-state index contributed by atoms with van der Waals surface area (Å²) in [6.45, 7) is 5.43. The summed E-state index contributed by atoms with van der Waals surface area (Å²) < 4.78 is 16.1. The van der Waals surface area contributed by atoms with Gasteiger partial charge in [0.2, 0.25) is 16.9 Å².